The van der Waals surface area contributed by atoms with Crippen molar-refractivity contribution in [2.24, 2.45) is 0 Å². The Labute approximate surface area is 247 Å². The van der Waals surface area contributed by atoms with Crippen molar-refractivity contribution in [1.29, 1.82) is 0 Å². The summed E-state index contributed by atoms with van der Waals surface area (Å²) in [6, 6.07) is 3.78. The zero-order valence-corrected chi connectivity index (χ0v) is 23.7. The first-order valence-corrected chi connectivity index (χ1v) is 13.3. The predicted molar refractivity (Wildman–Crippen MR) is 137 cm³/mol. The van der Waals surface area contributed by atoms with E-state index in [-0.39, 0.29) is 24.2 Å². The van der Waals surface area contributed by atoms with E-state index in [9.17, 15) is 31.4 Å². The van der Waals surface area contributed by atoms with Crippen molar-refractivity contribution in [2.45, 2.75) is 70.0 Å². The standard InChI is InChI=1S/C22H30N4O4.2C2HF3O2/c1-15-8-26(9-16(2)29-15)21-23-7-17-12-28-14-22(20(17)24-21)5-6-25(13-22)10-18-3-4-19(11-27)30-18;2*3-2(4,5)1(6)7/h3-4,7,15-16,27H,5-6,8-14H2,1-2H3;2*(H,6,7). The van der Waals surface area contributed by atoms with Crippen LogP contribution < -0.4 is 4.90 Å². The monoisotopic (exact) mass is 642 g/mol. The molecular weight excluding hydrogens is 610 g/mol. The molecule has 0 radical (unpaired) electrons. The Morgan fingerprint density at radius 2 is 1.59 bits per heavy atom. The lowest BCUT2D eigenvalue weighted by atomic mass is 9.80. The van der Waals surface area contributed by atoms with Crippen molar-refractivity contribution in [3.05, 3.63) is 41.1 Å². The Morgan fingerprint density at radius 3 is 2.11 bits per heavy atom. The molecule has 1 spiro atoms. The molecule has 12 nitrogen and oxygen atoms in total. The van der Waals surface area contributed by atoms with E-state index in [1.54, 1.807) is 0 Å². The summed E-state index contributed by atoms with van der Waals surface area (Å²) in [5, 5.41) is 23.5. The third-order valence-corrected chi connectivity index (χ3v) is 6.86. The molecule has 246 valence electrons. The molecule has 3 atom stereocenters. The number of carboxylic acids is 2. The number of fused-ring (bicyclic) bond motifs is 2. The highest BCUT2D eigenvalue weighted by molar-refractivity contribution is 5.73. The van der Waals surface area contributed by atoms with Gasteiger partial charge in [-0.3, -0.25) is 4.90 Å². The van der Waals surface area contributed by atoms with Gasteiger partial charge in [-0.25, -0.2) is 19.6 Å². The van der Waals surface area contributed by atoms with Gasteiger partial charge in [-0.15, -0.1) is 0 Å². The number of morpholine rings is 1. The number of aliphatic hydroxyl groups is 1. The number of rotatable bonds is 4. The molecule has 2 aromatic rings. The van der Waals surface area contributed by atoms with Crippen molar-refractivity contribution in [2.75, 3.05) is 37.7 Å². The zero-order valence-electron chi connectivity index (χ0n) is 23.7. The minimum Gasteiger partial charge on any atom is -0.475 e. The lowest BCUT2D eigenvalue weighted by molar-refractivity contribution is -0.193. The van der Waals surface area contributed by atoms with Gasteiger partial charge in [-0.05, 0) is 38.9 Å². The van der Waals surface area contributed by atoms with Crippen LogP contribution >= 0.6 is 0 Å². The summed E-state index contributed by atoms with van der Waals surface area (Å²) in [6.45, 7) is 9.58. The third-order valence-electron chi connectivity index (χ3n) is 6.86. The molecule has 2 saturated heterocycles. The van der Waals surface area contributed by atoms with Crippen molar-refractivity contribution < 1.29 is 65.1 Å². The first-order chi connectivity index (χ1) is 20.4. The maximum absolute atomic E-state index is 10.6. The summed E-state index contributed by atoms with van der Waals surface area (Å²) in [6.07, 6.45) is -6.87. The second kappa shape index (κ2) is 14.1. The summed E-state index contributed by atoms with van der Waals surface area (Å²) < 4.78 is 81.0. The van der Waals surface area contributed by atoms with E-state index in [4.69, 9.17) is 38.7 Å². The lowest BCUT2D eigenvalue weighted by Gasteiger charge is -2.38. The van der Waals surface area contributed by atoms with Gasteiger partial charge in [0.25, 0.3) is 0 Å². The molecule has 0 saturated carbocycles. The van der Waals surface area contributed by atoms with Crippen molar-refractivity contribution in [1.82, 2.24) is 14.9 Å². The van der Waals surface area contributed by atoms with Gasteiger partial charge in [0.15, 0.2) is 0 Å². The molecule has 2 aromatic heterocycles. The molecule has 0 amide bonds. The Morgan fingerprint density at radius 1 is 1.02 bits per heavy atom. The zero-order chi connectivity index (χ0) is 32.9. The number of halogens is 6. The molecule has 0 aliphatic carbocycles. The highest BCUT2D eigenvalue weighted by Crippen LogP contribution is 2.40. The first kappa shape index (κ1) is 35.0. The third kappa shape index (κ3) is 9.26. The number of aliphatic hydroxyl groups excluding tert-OH is 1. The van der Waals surface area contributed by atoms with Gasteiger partial charge in [0.05, 0.1) is 43.1 Å². The lowest BCUT2D eigenvalue weighted by Crippen LogP contribution is -2.47. The molecule has 0 aromatic carbocycles. The van der Waals surface area contributed by atoms with E-state index >= 15 is 0 Å². The summed E-state index contributed by atoms with van der Waals surface area (Å²) in [5.74, 6) is -3.22. The number of hydrogen-bond acceptors (Lipinski definition) is 10. The van der Waals surface area contributed by atoms with Gasteiger partial charge in [-0.1, -0.05) is 0 Å². The van der Waals surface area contributed by atoms with Crippen LogP contribution in [0.3, 0.4) is 0 Å². The number of likely N-dealkylation sites (tertiary alicyclic amines) is 1. The molecule has 3 N–H and O–H groups in total. The predicted octanol–water partition coefficient (Wildman–Crippen LogP) is 3.12. The van der Waals surface area contributed by atoms with Gasteiger partial charge in [-0.2, -0.15) is 26.3 Å². The molecule has 5 rings (SSSR count). The number of alkyl halides is 6. The maximum atomic E-state index is 10.6. The molecular formula is C26H32F6N4O8. The smallest absolute Gasteiger partial charge is 0.475 e. The van der Waals surface area contributed by atoms with Gasteiger partial charge in [0.2, 0.25) is 5.95 Å². The van der Waals surface area contributed by atoms with E-state index in [2.05, 4.69) is 28.6 Å². The second-order valence-electron chi connectivity index (χ2n) is 10.6. The molecule has 3 aliphatic rings. The minimum atomic E-state index is -5.08. The number of aromatic nitrogens is 2. The molecule has 18 heteroatoms. The molecule has 3 unspecified atom stereocenters. The number of aliphatic carboxylic acids is 2. The Bertz CT molecular complexity index is 1260. The normalized spacial score (nSPS) is 23.7. The summed E-state index contributed by atoms with van der Waals surface area (Å²) in [4.78, 5) is 32.2. The van der Waals surface area contributed by atoms with Crippen LogP contribution in [0.15, 0.2) is 22.7 Å². The van der Waals surface area contributed by atoms with E-state index < -0.39 is 24.3 Å². The van der Waals surface area contributed by atoms with Crippen molar-refractivity contribution in [3.8, 4) is 0 Å². The number of hydrogen-bond donors (Lipinski definition) is 3. The Kier molecular flexibility index (Phi) is 11.2. The average Bonchev–Trinajstić information content (AvgIpc) is 3.55. The van der Waals surface area contributed by atoms with E-state index in [1.165, 1.54) is 0 Å². The number of furan rings is 1. The number of carbonyl (C=O) groups is 2. The molecule has 2 fully saturated rings. The fraction of sp³-hybridized carbons (Fsp3) is 0.615. The first-order valence-electron chi connectivity index (χ1n) is 13.3. The molecule has 0 bridgehead atoms. The van der Waals surface area contributed by atoms with Crippen LogP contribution in [0.2, 0.25) is 0 Å². The highest BCUT2D eigenvalue weighted by atomic mass is 19.4. The van der Waals surface area contributed by atoms with E-state index in [0.29, 0.717) is 19.0 Å². The van der Waals surface area contributed by atoms with Crippen LogP contribution in [0.4, 0.5) is 32.3 Å². The number of anilines is 1. The average molecular weight is 643 g/mol. The fourth-order valence-corrected chi connectivity index (χ4v) is 5.10. The number of ether oxygens (including phenoxy) is 2. The summed E-state index contributed by atoms with van der Waals surface area (Å²) in [7, 11) is 0. The molecule has 5 heterocycles. The topological polar surface area (TPSA) is 159 Å². The van der Waals surface area contributed by atoms with Gasteiger partial charge in [0.1, 0.15) is 18.1 Å². The number of carboxylic acid groups (broad SMARTS) is 2. The quantitative estimate of drug-likeness (QED) is 0.419. The van der Waals surface area contributed by atoms with Crippen LogP contribution in [0.1, 0.15) is 43.0 Å². The van der Waals surface area contributed by atoms with Gasteiger partial charge in [0, 0.05) is 31.4 Å². The summed E-state index contributed by atoms with van der Waals surface area (Å²) in [5.41, 5.74) is 2.13. The largest absolute Gasteiger partial charge is 0.490 e. The second-order valence-corrected chi connectivity index (χ2v) is 10.6. The Balaban J connectivity index is 0.000000317. The molecule has 3 aliphatic heterocycles. The van der Waals surface area contributed by atoms with Gasteiger partial charge < -0.3 is 34.1 Å². The fourth-order valence-electron chi connectivity index (χ4n) is 5.10. The van der Waals surface area contributed by atoms with Crippen molar-refractivity contribution >= 4 is 17.9 Å². The highest BCUT2D eigenvalue weighted by Gasteiger charge is 2.45. The maximum Gasteiger partial charge on any atom is 0.490 e. The van der Waals surface area contributed by atoms with Gasteiger partial charge >= 0.3 is 24.3 Å². The summed E-state index contributed by atoms with van der Waals surface area (Å²) >= 11 is 0. The Hall–Kier alpha value is -3.48. The SMILES string of the molecule is CC1CN(c2ncc3c(n2)C2(CCN(Cc4ccc(CO)o4)C2)COC3)CC(C)O1.O=C(O)C(F)(F)F.O=C(O)C(F)(F)F. The van der Waals surface area contributed by atoms with E-state index in [0.717, 1.165) is 62.1 Å². The van der Waals surface area contributed by atoms with Crippen LogP contribution in [-0.2, 0) is 44.2 Å². The van der Waals surface area contributed by atoms with Crippen LogP contribution in [-0.4, -0.2) is 99.5 Å². The van der Waals surface area contributed by atoms with Crippen LogP contribution in [0, 0.1) is 0 Å². The number of nitrogens with zero attached hydrogens (tertiary/aromatic N) is 4. The van der Waals surface area contributed by atoms with Crippen LogP contribution in [0.25, 0.3) is 0 Å². The minimum absolute atomic E-state index is 0.0658. The molecule has 44 heavy (non-hydrogen) atoms. The van der Waals surface area contributed by atoms with E-state index in [1.807, 2.05) is 18.3 Å². The van der Waals surface area contributed by atoms with Crippen molar-refractivity contribution in [3.63, 3.8) is 0 Å². The van der Waals surface area contributed by atoms with Crippen LogP contribution in [0.5, 0.6) is 0 Å².